The summed E-state index contributed by atoms with van der Waals surface area (Å²) in [5.41, 5.74) is -0.0211. The molecule has 0 bridgehead atoms. The highest BCUT2D eigenvalue weighted by Crippen LogP contribution is 2.27. The van der Waals surface area contributed by atoms with Gasteiger partial charge in [-0.25, -0.2) is 4.98 Å². The highest BCUT2D eigenvalue weighted by molar-refractivity contribution is 7.99. The molecule has 1 saturated heterocycles. The Kier molecular flexibility index (Phi) is 4.00. The Morgan fingerprint density at radius 2 is 2.22 bits per heavy atom. The lowest BCUT2D eigenvalue weighted by Crippen LogP contribution is -2.34. The molecule has 0 atom stereocenters. The minimum Gasteiger partial charge on any atom is -0.436 e. The summed E-state index contributed by atoms with van der Waals surface area (Å²) in [6, 6.07) is 0. The van der Waals surface area contributed by atoms with Crippen LogP contribution < -0.4 is 0 Å². The Hall–Kier alpha value is -0.970. The van der Waals surface area contributed by atoms with Crippen molar-refractivity contribution in [2.75, 3.05) is 12.4 Å². The van der Waals surface area contributed by atoms with E-state index in [0.717, 1.165) is 25.1 Å². The van der Waals surface area contributed by atoms with Gasteiger partial charge in [0.1, 0.15) is 5.76 Å². The third-order valence-corrected chi connectivity index (χ3v) is 3.87. The summed E-state index contributed by atoms with van der Waals surface area (Å²) in [6.45, 7) is 7.14. The lowest BCUT2D eigenvalue weighted by Gasteiger charge is -2.25. The number of carbonyl (C=O) groups excluding carboxylic acids is 1. The quantitative estimate of drug-likeness (QED) is 0.790. The molecule has 4 nitrogen and oxygen atoms in total. The predicted octanol–water partition coefficient (Wildman–Crippen LogP) is 3.03. The summed E-state index contributed by atoms with van der Waals surface area (Å²) in [7, 11) is 0. The fourth-order valence-electron chi connectivity index (χ4n) is 1.80. The normalized spacial score (nSPS) is 17.3. The van der Waals surface area contributed by atoms with Gasteiger partial charge in [0, 0.05) is 18.4 Å². The molecule has 5 heteroatoms. The van der Waals surface area contributed by atoms with Crippen LogP contribution in [0.1, 0.15) is 45.8 Å². The fraction of sp³-hybridized carbons (Fsp3) is 0.692. The standard InChI is InChI=1S/C13H20N2O2S/c1-13(2,3)10-8-14-12(17-10)18-9-15-7-5-4-6-11(15)16/h8H,4-7,9H2,1-3H3. The zero-order valence-corrected chi connectivity index (χ0v) is 12.0. The van der Waals surface area contributed by atoms with Gasteiger partial charge >= 0.3 is 0 Å². The van der Waals surface area contributed by atoms with Gasteiger partial charge in [0.05, 0.1) is 12.1 Å². The van der Waals surface area contributed by atoms with Gasteiger partial charge in [-0.05, 0) is 24.6 Å². The minimum absolute atomic E-state index is 0.0211. The Bertz CT molecular complexity index is 423. The maximum absolute atomic E-state index is 11.6. The van der Waals surface area contributed by atoms with Crippen LogP contribution in [-0.2, 0) is 10.2 Å². The minimum atomic E-state index is -0.0211. The van der Waals surface area contributed by atoms with Gasteiger partial charge in [-0.2, -0.15) is 0 Å². The molecule has 1 aliphatic heterocycles. The number of nitrogens with zero attached hydrogens (tertiary/aromatic N) is 2. The third kappa shape index (κ3) is 3.28. The zero-order chi connectivity index (χ0) is 13.2. The molecule has 0 unspecified atom stereocenters. The van der Waals surface area contributed by atoms with Crippen molar-refractivity contribution in [1.82, 2.24) is 9.88 Å². The van der Waals surface area contributed by atoms with E-state index in [9.17, 15) is 4.79 Å². The van der Waals surface area contributed by atoms with Crippen molar-refractivity contribution in [2.24, 2.45) is 0 Å². The van der Waals surface area contributed by atoms with Crippen LogP contribution in [0.4, 0.5) is 0 Å². The highest BCUT2D eigenvalue weighted by atomic mass is 32.2. The maximum atomic E-state index is 11.6. The number of oxazole rings is 1. The third-order valence-electron chi connectivity index (χ3n) is 2.99. The molecule has 2 heterocycles. The molecule has 0 N–H and O–H groups in total. The van der Waals surface area contributed by atoms with Crippen LogP contribution in [0.25, 0.3) is 0 Å². The van der Waals surface area contributed by atoms with E-state index in [0.29, 0.717) is 17.5 Å². The highest BCUT2D eigenvalue weighted by Gasteiger charge is 2.21. The first-order chi connectivity index (χ1) is 8.47. The predicted molar refractivity (Wildman–Crippen MR) is 71.5 cm³/mol. The van der Waals surface area contributed by atoms with Crippen LogP contribution >= 0.6 is 11.8 Å². The van der Waals surface area contributed by atoms with Gasteiger partial charge in [-0.3, -0.25) is 4.79 Å². The van der Waals surface area contributed by atoms with Gasteiger partial charge in [0.15, 0.2) is 0 Å². The molecular formula is C13H20N2O2S. The van der Waals surface area contributed by atoms with E-state index in [1.54, 1.807) is 6.20 Å². The lowest BCUT2D eigenvalue weighted by atomic mass is 9.94. The van der Waals surface area contributed by atoms with Gasteiger partial charge in [-0.15, -0.1) is 0 Å². The Morgan fingerprint density at radius 3 is 2.83 bits per heavy atom. The van der Waals surface area contributed by atoms with Crippen LogP contribution in [-0.4, -0.2) is 28.2 Å². The summed E-state index contributed by atoms with van der Waals surface area (Å²) in [6.07, 6.45) is 4.58. The summed E-state index contributed by atoms with van der Waals surface area (Å²) in [5.74, 6) is 1.77. The van der Waals surface area contributed by atoms with Crippen LogP contribution in [0.3, 0.4) is 0 Å². The largest absolute Gasteiger partial charge is 0.436 e. The van der Waals surface area contributed by atoms with Crippen LogP contribution in [0.5, 0.6) is 0 Å². The smallest absolute Gasteiger partial charge is 0.257 e. The van der Waals surface area contributed by atoms with Crippen LogP contribution in [0.2, 0.25) is 0 Å². The van der Waals surface area contributed by atoms with E-state index in [1.807, 2.05) is 4.90 Å². The first-order valence-corrected chi connectivity index (χ1v) is 7.32. The SMILES string of the molecule is CC(C)(C)c1cnc(SCN2CCCCC2=O)o1. The number of amides is 1. The number of hydrogen-bond donors (Lipinski definition) is 0. The van der Waals surface area contributed by atoms with Crippen molar-refractivity contribution >= 4 is 17.7 Å². The summed E-state index contributed by atoms with van der Waals surface area (Å²) in [5, 5.41) is 0.651. The molecule has 1 fully saturated rings. The molecule has 2 rings (SSSR count). The van der Waals surface area contributed by atoms with Crippen molar-refractivity contribution in [3.63, 3.8) is 0 Å². The average Bonchev–Trinajstić information content (AvgIpc) is 2.76. The summed E-state index contributed by atoms with van der Waals surface area (Å²) >= 11 is 1.49. The van der Waals surface area contributed by atoms with E-state index in [4.69, 9.17) is 4.42 Å². The van der Waals surface area contributed by atoms with E-state index < -0.39 is 0 Å². The van der Waals surface area contributed by atoms with Crippen molar-refractivity contribution in [1.29, 1.82) is 0 Å². The van der Waals surface area contributed by atoms with Crippen LogP contribution in [0.15, 0.2) is 15.8 Å². The first kappa shape index (κ1) is 13.5. The van der Waals surface area contributed by atoms with Crippen molar-refractivity contribution in [3.8, 4) is 0 Å². The second-order valence-electron chi connectivity index (χ2n) is 5.63. The summed E-state index contributed by atoms with van der Waals surface area (Å²) < 4.78 is 5.69. The average molecular weight is 268 g/mol. The zero-order valence-electron chi connectivity index (χ0n) is 11.2. The molecule has 0 aliphatic carbocycles. The topological polar surface area (TPSA) is 46.3 Å². The second kappa shape index (κ2) is 5.34. The fourth-order valence-corrected chi connectivity index (χ4v) is 2.62. The maximum Gasteiger partial charge on any atom is 0.257 e. The molecule has 18 heavy (non-hydrogen) atoms. The second-order valence-corrected chi connectivity index (χ2v) is 6.52. The van der Waals surface area contributed by atoms with E-state index >= 15 is 0 Å². The van der Waals surface area contributed by atoms with Crippen LogP contribution in [0, 0.1) is 0 Å². The first-order valence-electron chi connectivity index (χ1n) is 6.34. The van der Waals surface area contributed by atoms with Gasteiger partial charge in [0.2, 0.25) is 5.91 Å². The van der Waals surface area contributed by atoms with E-state index in [1.165, 1.54) is 11.8 Å². The van der Waals surface area contributed by atoms with E-state index in [2.05, 4.69) is 25.8 Å². The van der Waals surface area contributed by atoms with Crippen molar-refractivity contribution < 1.29 is 9.21 Å². The van der Waals surface area contributed by atoms with Gasteiger partial charge < -0.3 is 9.32 Å². The molecule has 0 aromatic carbocycles. The van der Waals surface area contributed by atoms with Crippen molar-refractivity contribution in [3.05, 3.63) is 12.0 Å². The monoisotopic (exact) mass is 268 g/mol. The Labute approximate surface area is 112 Å². The number of piperidine rings is 1. The molecule has 1 amide bonds. The molecule has 1 aliphatic rings. The Balaban J connectivity index is 1.90. The summed E-state index contributed by atoms with van der Waals surface area (Å²) in [4.78, 5) is 17.8. The number of aromatic nitrogens is 1. The van der Waals surface area contributed by atoms with E-state index in [-0.39, 0.29) is 11.3 Å². The number of likely N-dealkylation sites (tertiary alicyclic amines) is 1. The molecule has 1 aromatic rings. The number of hydrogen-bond acceptors (Lipinski definition) is 4. The lowest BCUT2D eigenvalue weighted by molar-refractivity contribution is -0.132. The Morgan fingerprint density at radius 1 is 1.44 bits per heavy atom. The molecule has 100 valence electrons. The number of carbonyl (C=O) groups is 1. The molecular weight excluding hydrogens is 248 g/mol. The number of rotatable bonds is 3. The molecule has 0 saturated carbocycles. The number of thioether (sulfide) groups is 1. The molecule has 1 aromatic heterocycles. The van der Waals surface area contributed by atoms with Gasteiger partial charge in [0.25, 0.3) is 5.22 Å². The molecule has 0 radical (unpaired) electrons. The molecule has 0 spiro atoms. The van der Waals surface area contributed by atoms with Crippen molar-refractivity contribution in [2.45, 2.75) is 50.7 Å². The van der Waals surface area contributed by atoms with Gasteiger partial charge in [-0.1, -0.05) is 20.8 Å².